The number of quaternary nitrogens is 1. The molecule has 0 aromatic rings. The summed E-state index contributed by atoms with van der Waals surface area (Å²) in [4.78, 5) is 3.80. The van der Waals surface area contributed by atoms with Crippen molar-refractivity contribution in [3.63, 3.8) is 0 Å². The minimum atomic E-state index is -6.00. The molecule has 2 unspecified atom stereocenters. The number of hydrogen-bond acceptors (Lipinski definition) is 4. The Labute approximate surface area is 126 Å². The molecule has 0 radical (unpaired) electrons. The number of nitrogens with one attached hydrogen (secondary N) is 1. The lowest BCUT2D eigenvalue weighted by molar-refractivity contribution is -0.907. The van der Waals surface area contributed by atoms with Crippen molar-refractivity contribution >= 4 is 19.0 Å². The van der Waals surface area contributed by atoms with Crippen molar-refractivity contribution in [2.75, 3.05) is 33.7 Å². The highest BCUT2D eigenvalue weighted by Gasteiger charge is 2.29. The molecule has 1 fully saturated rings. The quantitative estimate of drug-likeness (QED) is 0.613. The first-order chi connectivity index (χ1) is 9.68. The molecule has 0 bridgehead atoms. The summed E-state index contributed by atoms with van der Waals surface area (Å²) < 4.78 is 39.0. The van der Waals surface area contributed by atoms with Crippen LogP contribution in [0.2, 0.25) is 0 Å². The van der Waals surface area contributed by atoms with Crippen LogP contribution in [0.5, 0.6) is 0 Å². The van der Waals surface area contributed by atoms with Crippen molar-refractivity contribution in [1.82, 2.24) is 9.96 Å². The molecule has 1 N–H and O–H groups in total. The van der Waals surface area contributed by atoms with Crippen molar-refractivity contribution < 1.29 is 22.2 Å². The van der Waals surface area contributed by atoms with E-state index in [9.17, 15) is 22.5 Å². The van der Waals surface area contributed by atoms with Gasteiger partial charge in [0.15, 0.2) is 5.50 Å². The maximum absolute atomic E-state index is 11.6. The zero-order valence-corrected chi connectivity index (χ0v) is 12.8. The third kappa shape index (κ3) is 7.21. The van der Waals surface area contributed by atoms with Crippen molar-refractivity contribution in [3.8, 4) is 0 Å². The third-order valence-corrected chi connectivity index (χ3v) is 4.59. The summed E-state index contributed by atoms with van der Waals surface area (Å²) >= 11 is 1.68. The number of hydroxylamine groups is 2. The molecule has 0 aromatic carbocycles. The SMILES string of the molecule is CN1CCC[NH+](C)C1SC1=CC=CCN1[O-].F[B-](F)(F)F. The Morgan fingerprint density at radius 2 is 2.00 bits per heavy atom. The Balaban J connectivity index is 0.000000383. The van der Waals surface area contributed by atoms with E-state index in [-0.39, 0.29) is 0 Å². The number of allylic oxidation sites excluding steroid dienone is 2. The molecule has 0 aromatic heterocycles. The van der Waals surface area contributed by atoms with Crippen molar-refractivity contribution in [2.24, 2.45) is 0 Å². The fourth-order valence-electron chi connectivity index (χ4n) is 2.11. The minimum Gasteiger partial charge on any atom is -0.758 e. The van der Waals surface area contributed by atoms with Gasteiger partial charge in [0, 0.05) is 19.5 Å². The second-order valence-electron chi connectivity index (χ2n) is 4.89. The molecule has 21 heavy (non-hydrogen) atoms. The first-order valence-corrected chi connectivity index (χ1v) is 7.44. The Morgan fingerprint density at radius 3 is 2.52 bits per heavy atom. The van der Waals surface area contributed by atoms with Gasteiger partial charge in [-0.15, -0.1) is 0 Å². The molecule has 2 heterocycles. The molecular weight excluding hydrogens is 309 g/mol. The van der Waals surface area contributed by atoms with Crippen LogP contribution in [-0.2, 0) is 0 Å². The van der Waals surface area contributed by atoms with E-state index in [0.717, 1.165) is 16.6 Å². The van der Waals surface area contributed by atoms with E-state index in [2.05, 4.69) is 19.0 Å². The molecule has 1 saturated heterocycles. The van der Waals surface area contributed by atoms with Gasteiger partial charge in [0.1, 0.15) is 0 Å². The number of thioether (sulfide) groups is 1. The topological polar surface area (TPSA) is 34.0 Å². The molecule has 2 aliphatic heterocycles. The van der Waals surface area contributed by atoms with Gasteiger partial charge in [-0.05, 0) is 24.9 Å². The van der Waals surface area contributed by atoms with Crippen LogP contribution in [0.3, 0.4) is 0 Å². The maximum atomic E-state index is 11.6. The second-order valence-corrected chi connectivity index (χ2v) is 5.99. The van der Waals surface area contributed by atoms with E-state index in [0.29, 0.717) is 12.0 Å². The fraction of sp³-hybridized carbons (Fsp3) is 0.636. The van der Waals surface area contributed by atoms with Crippen LogP contribution in [0.25, 0.3) is 0 Å². The van der Waals surface area contributed by atoms with Gasteiger partial charge >= 0.3 is 7.25 Å². The van der Waals surface area contributed by atoms with Gasteiger partial charge in [0.05, 0.1) is 18.6 Å². The highest BCUT2D eigenvalue weighted by Crippen LogP contribution is 2.26. The average molecular weight is 328 g/mol. The predicted molar refractivity (Wildman–Crippen MR) is 77.9 cm³/mol. The summed E-state index contributed by atoms with van der Waals surface area (Å²) in [5.41, 5.74) is 0.364. The zero-order chi connectivity index (χ0) is 16.0. The van der Waals surface area contributed by atoms with Crippen molar-refractivity contribution in [2.45, 2.75) is 11.9 Å². The molecule has 4 nitrogen and oxygen atoms in total. The summed E-state index contributed by atoms with van der Waals surface area (Å²) in [6.07, 6.45) is 7.00. The maximum Gasteiger partial charge on any atom is 0.673 e. The monoisotopic (exact) mass is 328 g/mol. The zero-order valence-electron chi connectivity index (χ0n) is 11.9. The van der Waals surface area contributed by atoms with Crippen molar-refractivity contribution in [1.29, 1.82) is 0 Å². The van der Waals surface area contributed by atoms with Crippen LogP contribution in [0.1, 0.15) is 6.42 Å². The van der Waals surface area contributed by atoms with Gasteiger partial charge in [-0.1, -0.05) is 12.2 Å². The second kappa shape index (κ2) is 8.07. The Kier molecular flexibility index (Phi) is 7.05. The lowest BCUT2D eigenvalue weighted by atomic mass is 10.3. The highest BCUT2D eigenvalue weighted by atomic mass is 32.2. The number of nitrogens with zero attached hydrogens (tertiary/aromatic N) is 2. The lowest BCUT2D eigenvalue weighted by Gasteiger charge is -2.40. The van der Waals surface area contributed by atoms with E-state index in [1.54, 1.807) is 11.8 Å². The van der Waals surface area contributed by atoms with Gasteiger partial charge in [-0.2, -0.15) is 0 Å². The summed E-state index contributed by atoms with van der Waals surface area (Å²) in [6, 6.07) is 0. The summed E-state index contributed by atoms with van der Waals surface area (Å²) in [7, 11) is -1.67. The van der Waals surface area contributed by atoms with E-state index in [1.807, 2.05) is 18.2 Å². The van der Waals surface area contributed by atoms with Crippen LogP contribution in [0, 0.1) is 5.21 Å². The first kappa shape index (κ1) is 18.3. The molecule has 122 valence electrons. The molecule has 0 saturated carbocycles. The minimum absolute atomic E-state index is 0.364. The molecule has 2 rings (SSSR count). The van der Waals surface area contributed by atoms with Crippen LogP contribution in [0.4, 0.5) is 17.3 Å². The van der Waals surface area contributed by atoms with Crippen LogP contribution in [-0.4, -0.2) is 56.4 Å². The Morgan fingerprint density at radius 1 is 1.38 bits per heavy atom. The molecule has 10 heteroatoms. The molecule has 0 amide bonds. The van der Waals surface area contributed by atoms with Gasteiger partial charge in [0.2, 0.25) is 0 Å². The number of halogens is 4. The molecular formula is C11H19BF4N3OS-. The number of hydrogen-bond donors (Lipinski definition) is 1. The van der Waals surface area contributed by atoms with Gasteiger partial charge < -0.3 is 32.4 Å². The summed E-state index contributed by atoms with van der Waals surface area (Å²) in [5.74, 6) is 0. The van der Waals surface area contributed by atoms with Gasteiger partial charge in [-0.3, -0.25) is 0 Å². The van der Waals surface area contributed by atoms with Crippen LogP contribution < -0.4 is 4.90 Å². The number of rotatable bonds is 2. The van der Waals surface area contributed by atoms with Gasteiger partial charge in [-0.25, -0.2) is 4.90 Å². The smallest absolute Gasteiger partial charge is 0.673 e. The first-order valence-electron chi connectivity index (χ1n) is 6.56. The Bertz CT molecular complexity index is 378. The van der Waals surface area contributed by atoms with Crippen LogP contribution in [0.15, 0.2) is 23.3 Å². The van der Waals surface area contributed by atoms with E-state index >= 15 is 0 Å². The normalized spacial score (nSPS) is 27.0. The van der Waals surface area contributed by atoms with Crippen molar-refractivity contribution in [3.05, 3.63) is 28.5 Å². The van der Waals surface area contributed by atoms with E-state index in [4.69, 9.17) is 0 Å². The van der Waals surface area contributed by atoms with Crippen LogP contribution >= 0.6 is 11.8 Å². The largest absolute Gasteiger partial charge is 0.758 e. The molecule has 0 spiro atoms. The van der Waals surface area contributed by atoms with E-state index < -0.39 is 7.25 Å². The standard InChI is InChI=1S/C11H18N3OS.BF4/c1-12-7-5-8-13(2)11(12)16-10-6-3-4-9-14(10)15;2-1(3,4)5/h3-4,6,11H,5,7-9H2,1-2H3;/q2*-1/p+1. The molecule has 2 atom stereocenters. The van der Waals surface area contributed by atoms with E-state index in [1.165, 1.54) is 17.9 Å². The fourth-order valence-corrected chi connectivity index (χ4v) is 3.29. The van der Waals surface area contributed by atoms with Gasteiger partial charge in [0.25, 0.3) is 0 Å². The predicted octanol–water partition coefficient (Wildman–Crippen LogP) is 1.36. The highest BCUT2D eigenvalue weighted by molar-refractivity contribution is 8.03. The summed E-state index contributed by atoms with van der Waals surface area (Å²) in [6.45, 7) is 2.79. The lowest BCUT2D eigenvalue weighted by Crippen LogP contribution is -3.15. The molecule has 0 aliphatic carbocycles. The third-order valence-electron chi connectivity index (χ3n) is 3.03. The summed E-state index contributed by atoms with van der Waals surface area (Å²) in [5, 5.41) is 13.5. The Hall–Kier alpha value is -0.705. The molecule has 2 aliphatic rings. The average Bonchev–Trinajstić information content (AvgIpc) is 2.34.